The summed E-state index contributed by atoms with van der Waals surface area (Å²) in [7, 11) is 0. The van der Waals surface area contributed by atoms with E-state index in [4.69, 9.17) is 10.5 Å². The van der Waals surface area contributed by atoms with Gasteiger partial charge in [0.05, 0.1) is 17.5 Å². The van der Waals surface area contributed by atoms with Crippen molar-refractivity contribution in [3.8, 4) is 17.0 Å². The largest absolute Gasteiger partial charge is 0.490 e. The molecule has 2 rings (SSSR count). The lowest BCUT2D eigenvalue weighted by atomic mass is 10.1. The molecule has 0 bridgehead atoms. The molecule has 0 saturated heterocycles. The van der Waals surface area contributed by atoms with Gasteiger partial charge in [0, 0.05) is 11.8 Å². The van der Waals surface area contributed by atoms with Crippen LogP contribution in [0.15, 0.2) is 42.6 Å². The summed E-state index contributed by atoms with van der Waals surface area (Å²) in [5, 5.41) is 0. The number of nitrogens with two attached hydrogens (primary N) is 1. The summed E-state index contributed by atoms with van der Waals surface area (Å²) in [6, 6.07) is 11.5. The molecule has 88 valence electrons. The smallest absolute Gasteiger partial charge is 0.129 e. The van der Waals surface area contributed by atoms with E-state index >= 15 is 0 Å². The average Bonchev–Trinajstić information content (AvgIpc) is 2.30. The van der Waals surface area contributed by atoms with E-state index in [0.29, 0.717) is 5.69 Å². The fraction of sp³-hybridized carbons (Fsp3) is 0.214. The minimum absolute atomic E-state index is 0.126. The van der Waals surface area contributed by atoms with Gasteiger partial charge in [0.2, 0.25) is 0 Å². The molecule has 0 radical (unpaired) electrons. The molecule has 0 unspecified atom stereocenters. The van der Waals surface area contributed by atoms with Crippen LogP contribution in [-0.2, 0) is 0 Å². The van der Waals surface area contributed by atoms with Crippen LogP contribution in [0, 0.1) is 0 Å². The average molecular weight is 228 g/mol. The molecule has 0 amide bonds. The highest BCUT2D eigenvalue weighted by molar-refractivity contribution is 5.76. The number of benzene rings is 1. The quantitative estimate of drug-likeness (QED) is 0.878. The van der Waals surface area contributed by atoms with Crippen LogP contribution in [0.4, 0.5) is 5.69 Å². The first kappa shape index (κ1) is 11.5. The molecular weight excluding hydrogens is 212 g/mol. The van der Waals surface area contributed by atoms with Crippen molar-refractivity contribution < 1.29 is 4.74 Å². The molecule has 3 nitrogen and oxygen atoms in total. The SMILES string of the molecule is CC(C)Oc1ccccc1-c1ncccc1N. The second-order valence-corrected chi connectivity index (χ2v) is 4.10. The summed E-state index contributed by atoms with van der Waals surface area (Å²) in [6.07, 6.45) is 1.86. The van der Waals surface area contributed by atoms with Crippen LogP contribution in [0.5, 0.6) is 5.75 Å². The van der Waals surface area contributed by atoms with Gasteiger partial charge < -0.3 is 10.5 Å². The van der Waals surface area contributed by atoms with E-state index in [1.54, 1.807) is 6.20 Å². The van der Waals surface area contributed by atoms with Crippen molar-refractivity contribution >= 4 is 5.69 Å². The van der Waals surface area contributed by atoms with Crippen molar-refractivity contribution in [1.82, 2.24) is 4.98 Å². The van der Waals surface area contributed by atoms with E-state index in [0.717, 1.165) is 17.0 Å². The number of pyridine rings is 1. The predicted octanol–water partition coefficient (Wildman–Crippen LogP) is 3.12. The third-order valence-corrected chi connectivity index (χ3v) is 2.34. The van der Waals surface area contributed by atoms with Crippen LogP contribution < -0.4 is 10.5 Å². The van der Waals surface area contributed by atoms with Gasteiger partial charge in [0.1, 0.15) is 5.75 Å². The number of para-hydroxylation sites is 1. The normalized spacial score (nSPS) is 10.5. The molecule has 1 aromatic heterocycles. The van der Waals surface area contributed by atoms with Crippen LogP contribution in [0.3, 0.4) is 0 Å². The monoisotopic (exact) mass is 228 g/mol. The lowest BCUT2D eigenvalue weighted by Gasteiger charge is -2.14. The number of hydrogen-bond donors (Lipinski definition) is 1. The zero-order valence-corrected chi connectivity index (χ0v) is 10.1. The Labute approximate surface area is 101 Å². The molecule has 0 atom stereocenters. The first-order valence-electron chi connectivity index (χ1n) is 5.65. The summed E-state index contributed by atoms with van der Waals surface area (Å²) >= 11 is 0. The Bertz CT molecular complexity index is 509. The maximum Gasteiger partial charge on any atom is 0.129 e. The second-order valence-electron chi connectivity index (χ2n) is 4.10. The highest BCUT2D eigenvalue weighted by atomic mass is 16.5. The number of nitrogens with zero attached hydrogens (tertiary/aromatic N) is 1. The van der Waals surface area contributed by atoms with Gasteiger partial charge in [-0.15, -0.1) is 0 Å². The molecule has 1 heterocycles. The van der Waals surface area contributed by atoms with E-state index in [9.17, 15) is 0 Å². The van der Waals surface area contributed by atoms with Gasteiger partial charge in [-0.05, 0) is 38.1 Å². The Morgan fingerprint density at radius 2 is 1.88 bits per heavy atom. The van der Waals surface area contributed by atoms with Crippen molar-refractivity contribution in [3.63, 3.8) is 0 Å². The number of rotatable bonds is 3. The van der Waals surface area contributed by atoms with E-state index in [1.165, 1.54) is 0 Å². The van der Waals surface area contributed by atoms with E-state index < -0.39 is 0 Å². The summed E-state index contributed by atoms with van der Waals surface area (Å²) in [4.78, 5) is 4.31. The topological polar surface area (TPSA) is 48.1 Å². The summed E-state index contributed by atoms with van der Waals surface area (Å²) in [6.45, 7) is 4.00. The van der Waals surface area contributed by atoms with Gasteiger partial charge in [-0.1, -0.05) is 12.1 Å². The molecule has 17 heavy (non-hydrogen) atoms. The minimum atomic E-state index is 0.126. The molecule has 0 aliphatic carbocycles. The number of aromatic nitrogens is 1. The molecule has 3 heteroatoms. The molecule has 0 fully saturated rings. The standard InChI is InChI=1S/C14H16N2O/c1-10(2)17-13-8-4-3-6-11(13)14-12(15)7-5-9-16-14/h3-10H,15H2,1-2H3. The maximum atomic E-state index is 5.93. The van der Waals surface area contributed by atoms with Crippen molar-refractivity contribution in [3.05, 3.63) is 42.6 Å². The van der Waals surface area contributed by atoms with Gasteiger partial charge in [0.25, 0.3) is 0 Å². The van der Waals surface area contributed by atoms with E-state index in [-0.39, 0.29) is 6.10 Å². The third-order valence-electron chi connectivity index (χ3n) is 2.34. The molecule has 0 saturated carbocycles. The predicted molar refractivity (Wildman–Crippen MR) is 69.8 cm³/mol. The summed E-state index contributed by atoms with van der Waals surface area (Å²) in [5.41, 5.74) is 8.29. The lowest BCUT2D eigenvalue weighted by molar-refractivity contribution is 0.243. The Balaban J connectivity index is 2.48. The molecule has 2 aromatic rings. The van der Waals surface area contributed by atoms with E-state index in [2.05, 4.69) is 4.98 Å². The first-order valence-corrected chi connectivity index (χ1v) is 5.65. The second kappa shape index (κ2) is 4.87. The van der Waals surface area contributed by atoms with Crippen molar-refractivity contribution in [2.24, 2.45) is 0 Å². The molecular formula is C14H16N2O. The Hall–Kier alpha value is -2.03. The lowest BCUT2D eigenvalue weighted by Crippen LogP contribution is -2.07. The fourth-order valence-corrected chi connectivity index (χ4v) is 1.66. The minimum Gasteiger partial charge on any atom is -0.490 e. The van der Waals surface area contributed by atoms with Gasteiger partial charge in [-0.25, -0.2) is 0 Å². The fourth-order valence-electron chi connectivity index (χ4n) is 1.66. The molecule has 0 aliphatic heterocycles. The maximum absolute atomic E-state index is 5.93. The highest BCUT2D eigenvalue weighted by Crippen LogP contribution is 2.32. The van der Waals surface area contributed by atoms with Crippen molar-refractivity contribution in [1.29, 1.82) is 0 Å². The van der Waals surface area contributed by atoms with Crippen LogP contribution >= 0.6 is 0 Å². The first-order chi connectivity index (χ1) is 8.18. The number of anilines is 1. The number of hydrogen-bond acceptors (Lipinski definition) is 3. The number of nitrogen functional groups attached to an aromatic ring is 1. The molecule has 1 aromatic carbocycles. The Morgan fingerprint density at radius 1 is 1.12 bits per heavy atom. The van der Waals surface area contributed by atoms with Crippen LogP contribution in [0.1, 0.15) is 13.8 Å². The molecule has 0 spiro atoms. The Morgan fingerprint density at radius 3 is 2.59 bits per heavy atom. The van der Waals surface area contributed by atoms with Gasteiger partial charge in [-0.2, -0.15) is 0 Å². The summed E-state index contributed by atoms with van der Waals surface area (Å²) < 4.78 is 5.76. The van der Waals surface area contributed by atoms with Crippen molar-refractivity contribution in [2.75, 3.05) is 5.73 Å². The zero-order valence-electron chi connectivity index (χ0n) is 10.1. The number of ether oxygens (including phenoxy) is 1. The summed E-state index contributed by atoms with van der Waals surface area (Å²) in [5.74, 6) is 0.813. The van der Waals surface area contributed by atoms with Crippen LogP contribution in [0.25, 0.3) is 11.3 Å². The Kier molecular flexibility index (Phi) is 3.28. The third kappa shape index (κ3) is 2.56. The van der Waals surface area contributed by atoms with E-state index in [1.807, 2.05) is 50.2 Å². The molecule has 0 aliphatic rings. The van der Waals surface area contributed by atoms with Gasteiger partial charge >= 0.3 is 0 Å². The highest BCUT2D eigenvalue weighted by Gasteiger charge is 2.10. The van der Waals surface area contributed by atoms with Gasteiger partial charge in [-0.3, -0.25) is 4.98 Å². The van der Waals surface area contributed by atoms with Crippen LogP contribution in [-0.4, -0.2) is 11.1 Å². The molecule has 2 N–H and O–H groups in total. The van der Waals surface area contributed by atoms with Crippen molar-refractivity contribution in [2.45, 2.75) is 20.0 Å². The zero-order chi connectivity index (χ0) is 12.3. The van der Waals surface area contributed by atoms with Gasteiger partial charge in [0.15, 0.2) is 0 Å². The van der Waals surface area contributed by atoms with Crippen LogP contribution in [0.2, 0.25) is 0 Å².